The maximum atomic E-state index is 5.64. The third-order valence-corrected chi connectivity index (χ3v) is 3.39. The van der Waals surface area contributed by atoms with Crippen molar-refractivity contribution in [1.29, 1.82) is 0 Å². The first kappa shape index (κ1) is 13.2. The summed E-state index contributed by atoms with van der Waals surface area (Å²) in [5, 5.41) is 3.22. The minimum atomic E-state index is 0.195. The van der Waals surface area contributed by atoms with Crippen LogP contribution in [0.25, 0.3) is 0 Å². The molecule has 3 N–H and O–H groups in total. The van der Waals surface area contributed by atoms with Gasteiger partial charge in [0.15, 0.2) is 0 Å². The third-order valence-electron chi connectivity index (χ3n) is 2.98. The van der Waals surface area contributed by atoms with Crippen LogP contribution in [0.4, 0.5) is 11.8 Å². The monoisotopic (exact) mass is 286 g/mol. The Bertz CT molecular complexity index is 343. The maximum absolute atomic E-state index is 5.64. The summed E-state index contributed by atoms with van der Waals surface area (Å²) in [6.45, 7) is 9.66. The molecular formula is C11H19BrN4. The average molecular weight is 287 g/mol. The fourth-order valence-electron chi connectivity index (χ4n) is 1.03. The number of nitrogens with zero attached hydrogens (tertiary/aromatic N) is 2. The zero-order valence-corrected chi connectivity index (χ0v) is 11.8. The Hall–Kier alpha value is -0.840. The lowest BCUT2D eigenvalue weighted by atomic mass is 9.81. The SMILES string of the molecule is CC(C)C(C)(C)CNc1nc(N)cc(Br)n1. The van der Waals surface area contributed by atoms with Crippen molar-refractivity contribution < 1.29 is 0 Å². The number of nitrogens with two attached hydrogens (primary N) is 1. The third kappa shape index (κ3) is 3.63. The molecule has 0 spiro atoms. The molecule has 0 amide bonds. The molecule has 0 saturated carbocycles. The lowest BCUT2D eigenvalue weighted by molar-refractivity contribution is 0.269. The first-order valence-electron chi connectivity index (χ1n) is 5.35. The number of anilines is 2. The van der Waals surface area contributed by atoms with Crippen LogP contribution in [0.1, 0.15) is 27.7 Å². The van der Waals surface area contributed by atoms with E-state index in [1.54, 1.807) is 6.07 Å². The van der Waals surface area contributed by atoms with Crippen LogP contribution in [0.5, 0.6) is 0 Å². The first-order chi connectivity index (χ1) is 7.31. The molecule has 90 valence electrons. The van der Waals surface area contributed by atoms with Crippen molar-refractivity contribution >= 4 is 27.7 Å². The lowest BCUT2D eigenvalue weighted by Gasteiger charge is -2.29. The van der Waals surface area contributed by atoms with Gasteiger partial charge in [0.1, 0.15) is 10.4 Å². The standard InChI is InChI=1S/C11H19BrN4/c1-7(2)11(3,4)6-14-10-15-8(12)5-9(13)16-10/h5,7H,6H2,1-4H3,(H3,13,14,15,16). The molecule has 0 atom stereocenters. The summed E-state index contributed by atoms with van der Waals surface area (Å²) in [4.78, 5) is 8.33. The van der Waals surface area contributed by atoms with Crippen LogP contribution < -0.4 is 11.1 Å². The Morgan fingerprint density at radius 2 is 2.06 bits per heavy atom. The van der Waals surface area contributed by atoms with E-state index in [2.05, 4.69) is 58.9 Å². The highest BCUT2D eigenvalue weighted by atomic mass is 79.9. The topological polar surface area (TPSA) is 63.8 Å². The van der Waals surface area contributed by atoms with E-state index < -0.39 is 0 Å². The Labute approximate surface area is 105 Å². The zero-order chi connectivity index (χ0) is 12.3. The van der Waals surface area contributed by atoms with Gasteiger partial charge in [0.05, 0.1) is 0 Å². The molecule has 0 fully saturated rings. The highest BCUT2D eigenvalue weighted by Crippen LogP contribution is 2.26. The van der Waals surface area contributed by atoms with E-state index in [4.69, 9.17) is 5.73 Å². The van der Waals surface area contributed by atoms with Crippen LogP contribution in [0.2, 0.25) is 0 Å². The second-order valence-electron chi connectivity index (χ2n) is 4.94. The largest absolute Gasteiger partial charge is 0.383 e. The molecule has 0 aliphatic carbocycles. The molecule has 1 rings (SSSR count). The van der Waals surface area contributed by atoms with Crippen molar-refractivity contribution in [2.75, 3.05) is 17.6 Å². The molecular weight excluding hydrogens is 268 g/mol. The summed E-state index contributed by atoms with van der Waals surface area (Å²) in [6.07, 6.45) is 0. The van der Waals surface area contributed by atoms with Crippen molar-refractivity contribution in [3.05, 3.63) is 10.7 Å². The van der Waals surface area contributed by atoms with Crippen molar-refractivity contribution in [3.63, 3.8) is 0 Å². The van der Waals surface area contributed by atoms with Gasteiger partial charge in [-0.05, 0) is 27.3 Å². The van der Waals surface area contributed by atoms with E-state index in [1.807, 2.05) is 0 Å². The van der Waals surface area contributed by atoms with Gasteiger partial charge in [0, 0.05) is 12.6 Å². The van der Waals surface area contributed by atoms with Crippen LogP contribution in [-0.2, 0) is 0 Å². The van der Waals surface area contributed by atoms with Crippen LogP contribution in [0.15, 0.2) is 10.7 Å². The summed E-state index contributed by atoms with van der Waals surface area (Å²) in [6, 6.07) is 1.68. The lowest BCUT2D eigenvalue weighted by Crippen LogP contribution is -2.29. The molecule has 0 unspecified atom stereocenters. The molecule has 0 radical (unpaired) electrons. The Morgan fingerprint density at radius 3 is 2.56 bits per heavy atom. The van der Waals surface area contributed by atoms with Gasteiger partial charge in [0.2, 0.25) is 5.95 Å². The Morgan fingerprint density at radius 1 is 1.44 bits per heavy atom. The molecule has 0 saturated heterocycles. The normalized spacial score (nSPS) is 11.9. The zero-order valence-electron chi connectivity index (χ0n) is 10.2. The summed E-state index contributed by atoms with van der Waals surface area (Å²) < 4.78 is 0.699. The number of hydrogen-bond donors (Lipinski definition) is 2. The van der Waals surface area contributed by atoms with E-state index in [9.17, 15) is 0 Å². The van der Waals surface area contributed by atoms with E-state index in [0.717, 1.165) is 6.54 Å². The average Bonchev–Trinajstić information content (AvgIpc) is 2.13. The first-order valence-corrected chi connectivity index (χ1v) is 6.14. The number of nitrogen functional groups attached to an aromatic ring is 1. The predicted octanol–water partition coefficient (Wildman–Crippen LogP) is 2.92. The number of halogens is 1. The van der Waals surface area contributed by atoms with E-state index in [1.165, 1.54) is 0 Å². The number of hydrogen-bond acceptors (Lipinski definition) is 4. The second kappa shape index (κ2) is 4.99. The summed E-state index contributed by atoms with van der Waals surface area (Å²) in [7, 11) is 0. The number of aromatic nitrogens is 2. The molecule has 16 heavy (non-hydrogen) atoms. The molecule has 0 aliphatic heterocycles. The summed E-state index contributed by atoms with van der Waals surface area (Å²) in [5.41, 5.74) is 5.83. The predicted molar refractivity (Wildman–Crippen MR) is 71.3 cm³/mol. The van der Waals surface area contributed by atoms with Crippen molar-refractivity contribution in [1.82, 2.24) is 9.97 Å². The van der Waals surface area contributed by atoms with Gasteiger partial charge in [-0.15, -0.1) is 0 Å². The van der Waals surface area contributed by atoms with Gasteiger partial charge in [-0.3, -0.25) is 0 Å². The van der Waals surface area contributed by atoms with Gasteiger partial charge in [-0.25, -0.2) is 4.98 Å². The summed E-state index contributed by atoms with van der Waals surface area (Å²) in [5.74, 6) is 1.62. The maximum Gasteiger partial charge on any atom is 0.225 e. The van der Waals surface area contributed by atoms with Crippen LogP contribution in [0, 0.1) is 11.3 Å². The minimum absolute atomic E-state index is 0.195. The van der Waals surface area contributed by atoms with Gasteiger partial charge >= 0.3 is 0 Å². The molecule has 0 aromatic carbocycles. The molecule has 4 nitrogen and oxygen atoms in total. The minimum Gasteiger partial charge on any atom is -0.383 e. The van der Waals surface area contributed by atoms with Crippen LogP contribution in [0.3, 0.4) is 0 Å². The quantitative estimate of drug-likeness (QED) is 0.836. The van der Waals surface area contributed by atoms with Crippen molar-refractivity contribution in [2.24, 2.45) is 11.3 Å². The summed E-state index contributed by atoms with van der Waals surface area (Å²) >= 11 is 3.29. The molecule has 0 aliphatic rings. The molecule has 0 bridgehead atoms. The van der Waals surface area contributed by atoms with Crippen LogP contribution in [-0.4, -0.2) is 16.5 Å². The van der Waals surface area contributed by atoms with E-state index >= 15 is 0 Å². The fraction of sp³-hybridized carbons (Fsp3) is 0.636. The molecule has 1 aromatic heterocycles. The smallest absolute Gasteiger partial charge is 0.225 e. The van der Waals surface area contributed by atoms with Gasteiger partial charge in [0.25, 0.3) is 0 Å². The van der Waals surface area contributed by atoms with Crippen molar-refractivity contribution in [2.45, 2.75) is 27.7 Å². The molecule has 1 heterocycles. The van der Waals surface area contributed by atoms with E-state index in [0.29, 0.717) is 22.3 Å². The highest BCUT2D eigenvalue weighted by molar-refractivity contribution is 9.10. The van der Waals surface area contributed by atoms with Gasteiger partial charge < -0.3 is 11.1 Å². The second-order valence-corrected chi connectivity index (χ2v) is 5.75. The highest BCUT2D eigenvalue weighted by Gasteiger charge is 2.22. The fourth-order valence-corrected chi connectivity index (χ4v) is 1.43. The Kier molecular flexibility index (Phi) is 4.13. The number of rotatable bonds is 4. The van der Waals surface area contributed by atoms with Crippen LogP contribution >= 0.6 is 15.9 Å². The van der Waals surface area contributed by atoms with Gasteiger partial charge in [-0.2, -0.15) is 4.98 Å². The Balaban J connectivity index is 2.68. The van der Waals surface area contributed by atoms with E-state index in [-0.39, 0.29) is 5.41 Å². The molecule has 1 aromatic rings. The number of nitrogens with one attached hydrogen (secondary N) is 1. The van der Waals surface area contributed by atoms with Gasteiger partial charge in [-0.1, -0.05) is 27.7 Å². The molecule has 5 heteroatoms. The van der Waals surface area contributed by atoms with Crippen molar-refractivity contribution in [3.8, 4) is 0 Å².